The molecule has 9 nitrogen and oxygen atoms in total. The summed E-state index contributed by atoms with van der Waals surface area (Å²) in [5, 5.41) is 19.7. The average molecular weight is 675 g/mol. The number of phenols is 1. The van der Waals surface area contributed by atoms with E-state index in [4.69, 9.17) is 24.1 Å². The van der Waals surface area contributed by atoms with Crippen molar-refractivity contribution < 1.29 is 43.5 Å². The number of phenolic OH excluding ortho intramolecular Hbond substituents is 1. The van der Waals surface area contributed by atoms with Gasteiger partial charge in [-0.1, -0.05) is 34.6 Å². The second-order valence-corrected chi connectivity index (χ2v) is 16.4. The van der Waals surface area contributed by atoms with E-state index in [2.05, 4.69) is 6.92 Å². The third kappa shape index (κ3) is 10.2. The van der Waals surface area contributed by atoms with Crippen LogP contribution in [0.2, 0.25) is 0 Å². The molecule has 0 spiro atoms. The van der Waals surface area contributed by atoms with E-state index >= 15 is 0 Å². The maximum atomic E-state index is 12.4. The molecule has 9 heteroatoms. The van der Waals surface area contributed by atoms with Crippen LogP contribution >= 0.6 is 0 Å². The molecule has 1 heterocycles. The number of esters is 3. The lowest BCUT2D eigenvalue weighted by atomic mass is 9.52. The van der Waals surface area contributed by atoms with Crippen molar-refractivity contribution in [3.63, 3.8) is 0 Å². The molecule has 1 saturated heterocycles. The Morgan fingerprint density at radius 2 is 1.44 bits per heavy atom. The second-order valence-electron chi connectivity index (χ2n) is 16.4. The van der Waals surface area contributed by atoms with Crippen LogP contribution in [0.15, 0.2) is 24.3 Å². The van der Waals surface area contributed by atoms with Gasteiger partial charge in [-0.05, 0) is 122 Å². The fourth-order valence-electron chi connectivity index (χ4n) is 6.95. The molecule has 6 rings (SSSR count). The van der Waals surface area contributed by atoms with Crippen molar-refractivity contribution in [2.75, 3.05) is 19.8 Å². The molecule has 272 valence electrons. The maximum absolute atomic E-state index is 12.4. The number of hydrogen-bond donors (Lipinski definition) is 2. The normalized spacial score (nSPS) is 27.2. The molecular weight excluding hydrogens is 612 g/mol. The topological polar surface area (TPSA) is 129 Å². The van der Waals surface area contributed by atoms with Gasteiger partial charge < -0.3 is 29.2 Å². The molecule has 5 fully saturated rings. The third-order valence-corrected chi connectivity index (χ3v) is 11.3. The monoisotopic (exact) mass is 674 g/mol. The van der Waals surface area contributed by atoms with Crippen molar-refractivity contribution in [2.24, 2.45) is 34.0 Å². The number of hydrogen-bond acceptors (Lipinski definition) is 9. The van der Waals surface area contributed by atoms with E-state index in [-0.39, 0.29) is 40.6 Å². The highest BCUT2D eigenvalue weighted by atomic mass is 16.6. The van der Waals surface area contributed by atoms with Gasteiger partial charge in [0.25, 0.3) is 0 Å². The summed E-state index contributed by atoms with van der Waals surface area (Å²) in [6, 6.07) is 6.11. The smallest absolute Gasteiger partial charge is 0.316 e. The minimum absolute atomic E-state index is 0.0184. The van der Waals surface area contributed by atoms with E-state index in [9.17, 15) is 19.5 Å². The fourth-order valence-corrected chi connectivity index (χ4v) is 6.95. The minimum Gasteiger partial charge on any atom is -0.508 e. The number of benzene rings is 1. The average Bonchev–Trinajstić information content (AvgIpc) is 3.00. The van der Waals surface area contributed by atoms with Gasteiger partial charge in [0.1, 0.15) is 23.7 Å². The lowest BCUT2D eigenvalue weighted by Crippen LogP contribution is -2.61. The zero-order valence-corrected chi connectivity index (χ0v) is 31.0. The molecule has 4 aliphatic carbocycles. The highest BCUT2D eigenvalue weighted by molar-refractivity contribution is 5.78. The Morgan fingerprint density at radius 1 is 0.896 bits per heavy atom. The molecular formula is C39H62O9. The summed E-state index contributed by atoms with van der Waals surface area (Å²) in [5.74, 6) is 1.34. The Hall–Kier alpha value is -2.65. The number of carbonyl (C=O) groups excluding carboxylic acids is 3. The first-order valence-electron chi connectivity index (χ1n) is 18.1. The van der Waals surface area contributed by atoms with Gasteiger partial charge >= 0.3 is 17.9 Å². The molecule has 4 bridgehead atoms. The van der Waals surface area contributed by atoms with Gasteiger partial charge in [-0.15, -0.1) is 0 Å². The van der Waals surface area contributed by atoms with Crippen LogP contribution in [0.25, 0.3) is 0 Å². The lowest BCUT2D eigenvalue weighted by molar-refractivity contribution is -0.225. The molecule has 3 unspecified atom stereocenters. The van der Waals surface area contributed by atoms with Crippen LogP contribution < -0.4 is 4.74 Å². The molecule has 2 N–H and O–H groups in total. The molecule has 0 amide bonds. The standard InChI is InChI=1S/C16H26O3.C12H16O3.C11H20O3/c1-4-14(2,3)13(17)19-16-8-11-5-12(9-16)7-15(18,6-11)10-16;1-4-12(2,3)11(14)15-10-7-5-9(13)6-8-10;1-4-9(3)10(12)14-8-11(5-2)6-13-7-11/h11-12,18H,4-10H2,1-3H3;5-8,13H,4H2,1-3H3;9H,4-8H2,1-3H3. The van der Waals surface area contributed by atoms with Crippen molar-refractivity contribution in [3.8, 4) is 11.5 Å². The van der Waals surface area contributed by atoms with Crippen molar-refractivity contribution in [3.05, 3.63) is 24.3 Å². The molecule has 0 radical (unpaired) electrons. The SMILES string of the molecule is CCC(C)(C)C(=O)OC12CC3CC(CC(O)(C3)C1)C2.CCC(C)(C)C(=O)Oc1ccc(O)cc1.CCC(C)C(=O)OCC1(CC)COC1. The molecule has 1 aliphatic heterocycles. The Labute approximate surface area is 288 Å². The Morgan fingerprint density at radius 3 is 1.88 bits per heavy atom. The zero-order chi connectivity index (χ0) is 36.0. The van der Waals surface area contributed by atoms with Crippen molar-refractivity contribution in [1.29, 1.82) is 0 Å². The highest BCUT2D eigenvalue weighted by Crippen LogP contribution is 2.59. The summed E-state index contributed by atoms with van der Waals surface area (Å²) >= 11 is 0. The molecule has 48 heavy (non-hydrogen) atoms. The second kappa shape index (κ2) is 15.9. The fraction of sp³-hybridized carbons (Fsp3) is 0.769. The number of ether oxygens (including phenoxy) is 4. The van der Waals surface area contributed by atoms with Crippen LogP contribution in [-0.2, 0) is 28.6 Å². The lowest BCUT2D eigenvalue weighted by Gasteiger charge is -2.59. The highest BCUT2D eigenvalue weighted by Gasteiger charge is 2.59. The quantitative estimate of drug-likeness (QED) is 0.179. The summed E-state index contributed by atoms with van der Waals surface area (Å²) in [5.41, 5.74) is -1.68. The first-order chi connectivity index (χ1) is 22.3. The van der Waals surface area contributed by atoms with Gasteiger partial charge in [0.2, 0.25) is 0 Å². The predicted octanol–water partition coefficient (Wildman–Crippen LogP) is 7.79. The number of aliphatic hydroxyl groups is 1. The minimum atomic E-state index is -0.555. The van der Waals surface area contributed by atoms with Gasteiger partial charge in [-0.25, -0.2) is 0 Å². The summed E-state index contributed by atoms with van der Waals surface area (Å²) in [4.78, 5) is 35.5. The van der Waals surface area contributed by atoms with Crippen molar-refractivity contribution >= 4 is 17.9 Å². The van der Waals surface area contributed by atoms with Gasteiger partial charge in [0, 0.05) is 6.42 Å². The van der Waals surface area contributed by atoms with E-state index in [0.717, 1.165) is 64.6 Å². The number of rotatable bonds is 11. The molecule has 1 aromatic carbocycles. The molecule has 3 atom stereocenters. The van der Waals surface area contributed by atoms with Crippen LogP contribution in [0.1, 0.15) is 127 Å². The maximum Gasteiger partial charge on any atom is 0.316 e. The summed E-state index contributed by atoms with van der Waals surface area (Å²) in [7, 11) is 0. The first-order valence-corrected chi connectivity index (χ1v) is 18.1. The summed E-state index contributed by atoms with van der Waals surface area (Å²) in [6.45, 7) is 19.5. The van der Waals surface area contributed by atoms with Gasteiger partial charge in [0.15, 0.2) is 0 Å². The van der Waals surface area contributed by atoms with E-state index in [1.165, 1.54) is 18.6 Å². The molecule has 1 aromatic rings. The number of aromatic hydroxyl groups is 1. The predicted molar refractivity (Wildman–Crippen MR) is 184 cm³/mol. The Balaban J connectivity index is 0.000000199. The van der Waals surface area contributed by atoms with Crippen LogP contribution in [0.5, 0.6) is 11.5 Å². The van der Waals surface area contributed by atoms with E-state index in [1.807, 2.05) is 55.4 Å². The van der Waals surface area contributed by atoms with E-state index in [1.54, 1.807) is 12.1 Å². The number of carbonyl (C=O) groups is 3. The van der Waals surface area contributed by atoms with Crippen LogP contribution in [0.4, 0.5) is 0 Å². The van der Waals surface area contributed by atoms with Crippen LogP contribution in [0.3, 0.4) is 0 Å². The van der Waals surface area contributed by atoms with Crippen molar-refractivity contribution in [1.82, 2.24) is 0 Å². The molecule has 0 aromatic heterocycles. The van der Waals surface area contributed by atoms with Gasteiger partial charge in [-0.3, -0.25) is 14.4 Å². The summed E-state index contributed by atoms with van der Waals surface area (Å²) < 4.78 is 21.6. The van der Waals surface area contributed by atoms with Gasteiger partial charge in [0.05, 0.1) is 41.0 Å². The Bertz CT molecular complexity index is 1210. The van der Waals surface area contributed by atoms with E-state index < -0.39 is 16.4 Å². The first kappa shape index (κ1) is 39.8. The zero-order valence-electron chi connectivity index (χ0n) is 31.0. The van der Waals surface area contributed by atoms with Crippen LogP contribution in [0, 0.1) is 34.0 Å². The summed E-state index contributed by atoms with van der Waals surface area (Å²) in [6.07, 6.45) is 9.03. The molecule has 5 aliphatic rings. The van der Waals surface area contributed by atoms with Crippen molar-refractivity contribution in [2.45, 2.75) is 138 Å². The third-order valence-electron chi connectivity index (χ3n) is 11.3. The molecule has 4 saturated carbocycles. The van der Waals surface area contributed by atoms with Crippen LogP contribution in [-0.4, -0.2) is 59.1 Å². The largest absolute Gasteiger partial charge is 0.508 e. The van der Waals surface area contributed by atoms with E-state index in [0.29, 0.717) is 30.6 Å². The Kier molecular flexibility index (Phi) is 13.2. The van der Waals surface area contributed by atoms with Gasteiger partial charge in [-0.2, -0.15) is 0 Å².